The maximum Gasteiger partial charge on any atom is 0.102 e. The molecule has 0 unspecified atom stereocenters. The highest BCUT2D eigenvalue weighted by molar-refractivity contribution is 4.46. The fraction of sp³-hybridized carbons (Fsp3) is 1.00. The number of morpholine rings is 1. The average molecular weight is 284 g/mol. The van der Waals surface area contributed by atoms with Crippen molar-refractivity contribution >= 4 is 0 Å². The van der Waals surface area contributed by atoms with Crippen molar-refractivity contribution in [3.63, 3.8) is 0 Å². The molecular weight excluding hydrogens is 262 g/mol. The van der Waals surface area contributed by atoms with Crippen LogP contribution in [0.3, 0.4) is 0 Å². The first-order valence-corrected chi connectivity index (χ1v) is 5.25. The van der Waals surface area contributed by atoms with E-state index in [2.05, 4.69) is 7.05 Å². The summed E-state index contributed by atoms with van der Waals surface area (Å²) in [6.07, 6.45) is 0. The predicted molar refractivity (Wildman–Crippen MR) is 54.3 cm³/mol. The second-order valence-electron chi connectivity index (χ2n) is 4.01. The summed E-state index contributed by atoms with van der Waals surface area (Å²) in [5.41, 5.74) is 0. The summed E-state index contributed by atoms with van der Waals surface area (Å²) in [7, 11) is 3.96. The van der Waals surface area contributed by atoms with E-state index in [0.29, 0.717) is 13.2 Å². The smallest absolute Gasteiger partial charge is 0.102 e. The van der Waals surface area contributed by atoms with Gasteiger partial charge in [-0.25, -0.2) is 0 Å². The van der Waals surface area contributed by atoms with Crippen molar-refractivity contribution in [2.75, 3.05) is 66.8 Å². The molecule has 1 heterocycles. The van der Waals surface area contributed by atoms with Crippen LogP contribution in [0.15, 0.2) is 0 Å². The van der Waals surface area contributed by atoms with E-state index in [9.17, 15) is 0 Å². The lowest BCUT2D eigenvalue weighted by molar-refractivity contribution is -0.917. The topological polar surface area (TPSA) is 27.7 Å². The summed E-state index contributed by atoms with van der Waals surface area (Å²) in [5.74, 6) is 0. The Bertz CT molecular complexity index is 152. The third-order valence-electron chi connectivity index (χ3n) is 2.76. The van der Waals surface area contributed by atoms with Gasteiger partial charge in [0.2, 0.25) is 0 Å². The van der Waals surface area contributed by atoms with Crippen LogP contribution < -0.4 is 17.0 Å². The maximum absolute atomic E-state index is 5.46. The highest BCUT2D eigenvalue weighted by atomic mass is 79.9. The van der Waals surface area contributed by atoms with Crippen molar-refractivity contribution in [3.05, 3.63) is 0 Å². The molecule has 0 bridgehead atoms. The third-order valence-corrected chi connectivity index (χ3v) is 2.76. The molecule has 0 amide bonds. The number of methoxy groups -OCH3 is 1. The van der Waals surface area contributed by atoms with E-state index in [1.807, 2.05) is 0 Å². The van der Waals surface area contributed by atoms with Gasteiger partial charge >= 0.3 is 0 Å². The van der Waals surface area contributed by atoms with Gasteiger partial charge in [-0.2, -0.15) is 0 Å². The zero-order valence-corrected chi connectivity index (χ0v) is 11.3. The van der Waals surface area contributed by atoms with Crippen molar-refractivity contribution in [2.24, 2.45) is 0 Å². The summed E-state index contributed by atoms with van der Waals surface area (Å²) < 4.78 is 16.8. The second-order valence-corrected chi connectivity index (χ2v) is 4.01. The second kappa shape index (κ2) is 8.47. The van der Waals surface area contributed by atoms with E-state index in [1.165, 1.54) is 0 Å². The average Bonchev–Trinajstić information content (AvgIpc) is 2.18. The Morgan fingerprint density at radius 1 is 1.13 bits per heavy atom. The number of rotatable bonds is 6. The molecule has 0 saturated carbocycles. The molecule has 0 aromatic carbocycles. The van der Waals surface area contributed by atoms with Gasteiger partial charge < -0.3 is 35.7 Å². The van der Waals surface area contributed by atoms with Crippen molar-refractivity contribution < 1.29 is 35.7 Å². The number of quaternary nitrogens is 1. The van der Waals surface area contributed by atoms with Crippen LogP contribution in [0.4, 0.5) is 0 Å². The molecule has 1 fully saturated rings. The highest BCUT2D eigenvalue weighted by Crippen LogP contribution is 2.06. The summed E-state index contributed by atoms with van der Waals surface area (Å²) in [5, 5.41) is 0. The fourth-order valence-corrected chi connectivity index (χ4v) is 1.54. The Morgan fingerprint density at radius 3 is 2.40 bits per heavy atom. The van der Waals surface area contributed by atoms with Gasteiger partial charge in [-0.05, 0) is 0 Å². The van der Waals surface area contributed by atoms with E-state index in [1.54, 1.807) is 7.11 Å². The number of hydrogen-bond donors (Lipinski definition) is 0. The molecule has 1 aliphatic heterocycles. The van der Waals surface area contributed by atoms with Gasteiger partial charge in [0.05, 0.1) is 40.1 Å². The van der Waals surface area contributed by atoms with Crippen LogP contribution in [0.25, 0.3) is 0 Å². The first kappa shape index (κ1) is 15.3. The Morgan fingerprint density at radius 2 is 1.80 bits per heavy atom. The van der Waals surface area contributed by atoms with Crippen LogP contribution in [0, 0.1) is 0 Å². The SMILES string of the molecule is COCCOCC[N+]1(C)CCOCC1.[Br-]. The summed E-state index contributed by atoms with van der Waals surface area (Å²) in [6.45, 7) is 7.26. The molecule has 92 valence electrons. The minimum Gasteiger partial charge on any atom is -1.00 e. The van der Waals surface area contributed by atoms with Gasteiger partial charge in [0.25, 0.3) is 0 Å². The van der Waals surface area contributed by atoms with Gasteiger partial charge in [0.15, 0.2) is 0 Å². The van der Waals surface area contributed by atoms with Crippen LogP contribution in [0.5, 0.6) is 0 Å². The van der Waals surface area contributed by atoms with Crippen LogP contribution in [-0.2, 0) is 14.2 Å². The van der Waals surface area contributed by atoms with E-state index in [4.69, 9.17) is 14.2 Å². The van der Waals surface area contributed by atoms with Crippen molar-refractivity contribution in [1.82, 2.24) is 0 Å². The molecule has 5 heteroatoms. The van der Waals surface area contributed by atoms with Crippen molar-refractivity contribution in [2.45, 2.75) is 0 Å². The Balaban J connectivity index is 0.00000196. The van der Waals surface area contributed by atoms with E-state index >= 15 is 0 Å². The normalized spacial score (nSPS) is 19.6. The zero-order valence-electron chi connectivity index (χ0n) is 9.71. The standard InChI is InChI=1S/C10H22NO3.BrH/c1-11(3-6-13-7-4-11)5-8-14-10-9-12-2;/h3-10H2,1-2H3;1H/q+1;/p-1. The molecule has 1 rings (SSSR count). The number of hydrogen-bond acceptors (Lipinski definition) is 3. The molecule has 0 spiro atoms. The monoisotopic (exact) mass is 283 g/mol. The van der Waals surface area contributed by atoms with Crippen molar-refractivity contribution in [3.8, 4) is 0 Å². The molecule has 0 atom stereocenters. The van der Waals surface area contributed by atoms with Gasteiger partial charge in [-0.15, -0.1) is 0 Å². The van der Waals surface area contributed by atoms with Gasteiger partial charge in [-0.3, -0.25) is 0 Å². The molecule has 0 radical (unpaired) electrons. The van der Waals surface area contributed by atoms with Crippen LogP contribution in [0.2, 0.25) is 0 Å². The molecule has 0 aliphatic carbocycles. The number of likely N-dealkylation sites (N-methyl/N-ethyl adjacent to an activating group) is 1. The molecule has 0 aromatic rings. The minimum absolute atomic E-state index is 0. The maximum atomic E-state index is 5.46. The van der Waals surface area contributed by atoms with E-state index < -0.39 is 0 Å². The van der Waals surface area contributed by atoms with Gasteiger partial charge in [0.1, 0.15) is 19.6 Å². The Labute approximate surface area is 103 Å². The fourth-order valence-electron chi connectivity index (χ4n) is 1.54. The number of ether oxygens (including phenoxy) is 3. The molecule has 15 heavy (non-hydrogen) atoms. The number of nitrogens with zero attached hydrogens (tertiary/aromatic N) is 1. The zero-order chi connectivity index (χ0) is 10.3. The first-order chi connectivity index (χ1) is 6.77. The first-order valence-electron chi connectivity index (χ1n) is 5.25. The largest absolute Gasteiger partial charge is 1.00 e. The summed E-state index contributed by atoms with van der Waals surface area (Å²) >= 11 is 0. The van der Waals surface area contributed by atoms with Crippen LogP contribution in [0.1, 0.15) is 0 Å². The highest BCUT2D eigenvalue weighted by Gasteiger charge is 2.24. The Hall–Kier alpha value is 0.320. The van der Waals surface area contributed by atoms with Gasteiger partial charge in [0, 0.05) is 7.11 Å². The molecule has 4 nitrogen and oxygen atoms in total. The number of halogens is 1. The van der Waals surface area contributed by atoms with E-state index in [-0.39, 0.29) is 17.0 Å². The minimum atomic E-state index is 0. The lowest BCUT2D eigenvalue weighted by Gasteiger charge is -2.37. The molecule has 0 aromatic heterocycles. The van der Waals surface area contributed by atoms with Gasteiger partial charge in [-0.1, -0.05) is 0 Å². The summed E-state index contributed by atoms with van der Waals surface area (Å²) in [4.78, 5) is 0. The predicted octanol–water partition coefficient (Wildman–Crippen LogP) is -2.87. The lowest BCUT2D eigenvalue weighted by Crippen LogP contribution is -3.00. The molecule has 1 aliphatic rings. The van der Waals surface area contributed by atoms with Crippen molar-refractivity contribution in [1.29, 1.82) is 0 Å². The third kappa shape index (κ3) is 6.48. The molecule has 1 saturated heterocycles. The molecular formula is C10H22BrNO3. The molecule has 0 N–H and O–H groups in total. The summed E-state index contributed by atoms with van der Waals surface area (Å²) in [6, 6.07) is 0. The lowest BCUT2D eigenvalue weighted by atomic mass is 10.3. The van der Waals surface area contributed by atoms with Crippen LogP contribution in [-0.4, -0.2) is 71.3 Å². The van der Waals surface area contributed by atoms with E-state index in [0.717, 1.165) is 43.9 Å². The van der Waals surface area contributed by atoms with Crippen LogP contribution >= 0.6 is 0 Å². The quantitative estimate of drug-likeness (QED) is 0.388. The Kier molecular flexibility index (Phi) is 8.65.